The number of carbonyl (C=O) groups excluding carboxylic acids is 4. The van der Waals surface area contributed by atoms with Gasteiger partial charge in [0, 0.05) is 49.4 Å². The number of fused-ring (bicyclic) bond motifs is 1. The van der Waals surface area contributed by atoms with Gasteiger partial charge in [-0.15, -0.1) is 0 Å². The van der Waals surface area contributed by atoms with Gasteiger partial charge in [0.15, 0.2) is 5.76 Å². The van der Waals surface area contributed by atoms with Gasteiger partial charge >= 0.3 is 11.8 Å². The third-order valence-corrected chi connectivity index (χ3v) is 7.03. The number of furan rings is 1. The summed E-state index contributed by atoms with van der Waals surface area (Å²) >= 11 is 0. The molecule has 0 bridgehead atoms. The summed E-state index contributed by atoms with van der Waals surface area (Å²) in [5, 5.41) is 6.23. The molecule has 0 spiro atoms. The Morgan fingerprint density at radius 1 is 0.919 bits per heavy atom. The number of piperidine rings is 2. The SMILES string of the molecule is O=C(NCC1CCN(C(=O)c2cc3ccccc3o2)CC1)C(=O)Nc1cccc(N2CCCCC2=O)c1. The molecule has 9 nitrogen and oxygen atoms in total. The monoisotopic (exact) mass is 502 g/mol. The average molecular weight is 503 g/mol. The highest BCUT2D eigenvalue weighted by molar-refractivity contribution is 6.39. The minimum absolute atomic E-state index is 0.0674. The highest BCUT2D eigenvalue weighted by Gasteiger charge is 2.27. The van der Waals surface area contributed by atoms with Crippen LogP contribution in [0.2, 0.25) is 0 Å². The van der Waals surface area contributed by atoms with Crippen molar-refractivity contribution in [3.63, 3.8) is 0 Å². The van der Waals surface area contributed by atoms with Crippen molar-refractivity contribution in [2.45, 2.75) is 32.1 Å². The number of nitrogens with one attached hydrogen (secondary N) is 2. The van der Waals surface area contributed by atoms with Gasteiger partial charge in [-0.2, -0.15) is 0 Å². The predicted octanol–water partition coefficient (Wildman–Crippen LogP) is 3.56. The summed E-state index contributed by atoms with van der Waals surface area (Å²) in [5.41, 5.74) is 1.87. The highest BCUT2D eigenvalue weighted by atomic mass is 16.3. The van der Waals surface area contributed by atoms with E-state index in [-0.39, 0.29) is 17.7 Å². The Morgan fingerprint density at radius 3 is 2.51 bits per heavy atom. The van der Waals surface area contributed by atoms with Crippen LogP contribution in [0.1, 0.15) is 42.7 Å². The maximum Gasteiger partial charge on any atom is 0.313 e. The Kier molecular flexibility index (Phi) is 7.20. The van der Waals surface area contributed by atoms with Gasteiger partial charge in [0.2, 0.25) is 5.91 Å². The van der Waals surface area contributed by atoms with Crippen LogP contribution in [-0.4, -0.2) is 54.7 Å². The van der Waals surface area contributed by atoms with Crippen molar-refractivity contribution in [2.24, 2.45) is 5.92 Å². The smallest absolute Gasteiger partial charge is 0.313 e. The molecule has 0 radical (unpaired) electrons. The van der Waals surface area contributed by atoms with Crippen molar-refractivity contribution in [1.29, 1.82) is 0 Å². The van der Waals surface area contributed by atoms with E-state index in [1.54, 1.807) is 34.1 Å². The van der Waals surface area contributed by atoms with Crippen LogP contribution in [0.15, 0.2) is 59.0 Å². The van der Waals surface area contributed by atoms with Gasteiger partial charge in [-0.25, -0.2) is 0 Å². The molecular weight excluding hydrogens is 472 g/mol. The number of anilines is 2. The first-order chi connectivity index (χ1) is 18.0. The van der Waals surface area contributed by atoms with Gasteiger partial charge in [-0.1, -0.05) is 24.3 Å². The van der Waals surface area contributed by atoms with Gasteiger partial charge < -0.3 is 24.9 Å². The van der Waals surface area contributed by atoms with Crippen LogP contribution in [0.5, 0.6) is 0 Å². The van der Waals surface area contributed by atoms with E-state index in [2.05, 4.69) is 10.6 Å². The molecule has 5 rings (SSSR count). The largest absolute Gasteiger partial charge is 0.451 e. The topological polar surface area (TPSA) is 112 Å². The summed E-state index contributed by atoms with van der Waals surface area (Å²) in [7, 11) is 0. The van der Waals surface area contributed by atoms with E-state index < -0.39 is 11.8 Å². The lowest BCUT2D eigenvalue weighted by atomic mass is 9.96. The Hall–Kier alpha value is -4.14. The number of carbonyl (C=O) groups is 4. The Balaban J connectivity index is 1.08. The minimum Gasteiger partial charge on any atom is -0.451 e. The summed E-state index contributed by atoms with van der Waals surface area (Å²) in [5.74, 6) is -1.02. The lowest BCUT2D eigenvalue weighted by molar-refractivity contribution is -0.136. The fourth-order valence-corrected chi connectivity index (χ4v) is 4.92. The first-order valence-corrected chi connectivity index (χ1v) is 12.8. The Bertz CT molecular complexity index is 1290. The lowest BCUT2D eigenvalue weighted by Crippen LogP contribution is -2.43. The normalized spacial score (nSPS) is 16.6. The zero-order chi connectivity index (χ0) is 25.8. The van der Waals surface area contributed by atoms with E-state index in [1.165, 1.54) is 0 Å². The number of hydrogen-bond donors (Lipinski definition) is 2. The average Bonchev–Trinajstić information content (AvgIpc) is 3.36. The molecule has 37 heavy (non-hydrogen) atoms. The van der Waals surface area contributed by atoms with Gasteiger partial charge in [-0.3, -0.25) is 19.2 Å². The van der Waals surface area contributed by atoms with E-state index in [0.29, 0.717) is 55.3 Å². The summed E-state index contributed by atoms with van der Waals surface area (Å²) in [4.78, 5) is 53.4. The third-order valence-electron chi connectivity index (χ3n) is 7.03. The number of likely N-dealkylation sites (tertiary alicyclic amines) is 1. The van der Waals surface area contributed by atoms with E-state index >= 15 is 0 Å². The number of para-hydroxylation sites is 1. The van der Waals surface area contributed by atoms with Gasteiger partial charge in [0.05, 0.1) is 0 Å². The second kappa shape index (κ2) is 10.9. The quantitative estimate of drug-likeness (QED) is 0.518. The lowest BCUT2D eigenvalue weighted by Gasteiger charge is -2.31. The number of benzene rings is 2. The Labute approximate surface area is 214 Å². The first kappa shape index (κ1) is 24.5. The number of amides is 4. The van der Waals surface area contributed by atoms with Crippen molar-refractivity contribution in [3.05, 3.63) is 60.4 Å². The zero-order valence-electron chi connectivity index (χ0n) is 20.6. The molecule has 0 atom stereocenters. The van der Waals surface area contributed by atoms with Crippen molar-refractivity contribution >= 4 is 46.0 Å². The molecule has 9 heteroatoms. The van der Waals surface area contributed by atoms with Gasteiger partial charge in [-0.05, 0) is 61.9 Å². The number of nitrogens with zero attached hydrogens (tertiary/aromatic N) is 2. The standard InChI is InChI=1S/C28H30N4O5/c33-25-10-3-4-13-32(25)22-8-5-7-21(17-22)30-27(35)26(34)29-18-19-11-14-31(15-12-19)28(36)24-16-20-6-1-2-9-23(20)37-24/h1-2,5-9,16-17,19H,3-4,10-15,18H2,(H,29,34)(H,30,35). The van der Waals surface area contributed by atoms with E-state index in [9.17, 15) is 19.2 Å². The molecule has 2 aliphatic heterocycles. The fraction of sp³-hybridized carbons (Fsp3) is 0.357. The van der Waals surface area contributed by atoms with Crippen molar-refractivity contribution < 1.29 is 23.6 Å². The molecule has 1 aromatic heterocycles. The van der Waals surface area contributed by atoms with Crippen LogP contribution in [-0.2, 0) is 14.4 Å². The van der Waals surface area contributed by atoms with Crippen LogP contribution in [0.3, 0.4) is 0 Å². The molecule has 0 aliphatic carbocycles. The molecule has 2 aliphatic rings. The zero-order valence-corrected chi connectivity index (χ0v) is 20.6. The molecule has 0 unspecified atom stereocenters. The summed E-state index contributed by atoms with van der Waals surface area (Å²) < 4.78 is 5.70. The fourth-order valence-electron chi connectivity index (χ4n) is 4.92. The summed E-state index contributed by atoms with van der Waals surface area (Å²) in [6.07, 6.45) is 3.80. The first-order valence-electron chi connectivity index (χ1n) is 12.8. The molecule has 4 amide bonds. The van der Waals surface area contributed by atoms with E-state index in [4.69, 9.17) is 4.42 Å². The van der Waals surface area contributed by atoms with Crippen LogP contribution in [0.4, 0.5) is 11.4 Å². The van der Waals surface area contributed by atoms with Crippen molar-refractivity contribution in [2.75, 3.05) is 36.4 Å². The van der Waals surface area contributed by atoms with Gasteiger partial charge in [0.1, 0.15) is 5.58 Å². The van der Waals surface area contributed by atoms with Gasteiger partial charge in [0.25, 0.3) is 5.91 Å². The molecule has 2 fully saturated rings. The highest BCUT2D eigenvalue weighted by Crippen LogP contribution is 2.25. The Morgan fingerprint density at radius 2 is 1.73 bits per heavy atom. The second-order valence-electron chi connectivity index (χ2n) is 9.60. The molecule has 192 valence electrons. The number of rotatable bonds is 5. The van der Waals surface area contributed by atoms with E-state index in [1.807, 2.05) is 30.3 Å². The second-order valence-corrected chi connectivity index (χ2v) is 9.60. The van der Waals surface area contributed by atoms with Crippen LogP contribution in [0.25, 0.3) is 11.0 Å². The maximum atomic E-state index is 12.8. The summed E-state index contributed by atoms with van der Waals surface area (Å²) in [6, 6.07) is 16.3. The van der Waals surface area contributed by atoms with Crippen molar-refractivity contribution in [1.82, 2.24) is 10.2 Å². The van der Waals surface area contributed by atoms with Crippen LogP contribution >= 0.6 is 0 Å². The molecule has 2 N–H and O–H groups in total. The molecule has 3 heterocycles. The molecule has 2 saturated heterocycles. The predicted molar refractivity (Wildman–Crippen MR) is 139 cm³/mol. The molecule has 3 aromatic rings. The molecule has 0 saturated carbocycles. The third kappa shape index (κ3) is 5.66. The molecule has 2 aromatic carbocycles. The maximum absolute atomic E-state index is 12.8. The van der Waals surface area contributed by atoms with E-state index in [0.717, 1.165) is 31.1 Å². The molecular formula is C28H30N4O5. The van der Waals surface area contributed by atoms with Crippen LogP contribution in [0, 0.1) is 5.92 Å². The summed E-state index contributed by atoms with van der Waals surface area (Å²) in [6.45, 7) is 2.13. The minimum atomic E-state index is -0.750. The van der Waals surface area contributed by atoms with Crippen molar-refractivity contribution in [3.8, 4) is 0 Å². The number of hydrogen-bond acceptors (Lipinski definition) is 5. The van der Waals surface area contributed by atoms with Crippen LogP contribution < -0.4 is 15.5 Å².